The van der Waals surface area contributed by atoms with Crippen LogP contribution in [-0.4, -0.2) is 27.0 Å². The smallest absolute Gasteiger partial charge is 0.266 e. The molecule has 0 atom stereocenters. The van der Waals surface area contributed by atoms with Gasteiger partial charge in [-0.15, -0.1) is 0 Å². The molecule has 5 aromatic rings. The number of thioether (sulfide) groups is 1. The third-order valence-electron chi connectivity index (χ3n) is 5.75. The van der Waals surface area contributed by atoms with Gasteiger partial charge in [-0.3, -0.25) is 19.0 Å². The third-order valence-corrected chi connectivity index (χ3v) is 6.69. The van der Waals surface area contributed by atoms with Crippen LogP contribution in [0.4, 0.5) is 5.69 Å². The lowest BCUT2D eigenvalue weighted by Gasteiger charge is -2.13. The normalized spacial score (nSPS) is 11.1. The summed E-state index contributed by atoms with van der Waals surface area (Å²) >= 11 is 1.18. The first kappa shape index (κ1) is 24.9. The Morgan fingerprint density at radius 2 is 1.55 bits per heavy atom. The van der Waals surface area contributed by atoms with Gasteiger partial charge in [-0.25, -0.2) is 4.98 Å². The molecule has 0 saturated heterocycles. The van der Waals surface area contributed by atoms with Crippen molar-refractivity contribution >= 4 is 46.1 Å². The number of rotatable bonds is 8. The molecule has 0 aliphatic heterocycles. The van der Waals surface area contributed by atoms with Crippen molar-refractivity contribution in [3.05, 3.63) is 137 Å². The van der Waals surface area contributed by atoms with Gasteiger partial charge in [0.15, 0.2) is 10.9 Å². The van der Waals surface area contributed by atoms with Crippen molar-refractivity contribution in [3.63, 3.8) is 0 Å². The molecule has 4 aromatic carbocycles. The van der Waals surface area contributed by atoms with Crippen LogP contribution in [0.1, 0.15) is 15.9 Å². The van der Waals surface area contributed by atoms with Crippen LogP contribution in [-0.2, 0) is 4.79 Å². The Morgan fingerprint density at radius 1 is 0.842 bits per heavy atom. The van der Waals surface area contributed by atoms with Crippen LogP contribution in [0.5, 0.6) is 0 Å². The summed E-state index contributed by atoms with van der Waals surface area (Å²) in [5.41, 5.74) is 2.96. The molecule has 7 heteroatoms. The number of carbonyl (C=O) groups is 2. The standard InChI is InChI=1S/C31H23N3O3S/c35-28(19-18-22-10-3-1-4-11-22)23-12-9-13-24(20-23)32-29(36)21-38-31-33-27-17-8-7-16-26(27)30(37)34(31)25-14-5-2-6-15-25/h1-20H,21H2,(H,32,36)/b19-18+. The molecule has 0 unspecified atom stereocenters. The molecule has 0 aliphatic carbocycles. The molecule has 0 aliphatic rings. The molecule has 1 heterocycles. The first-order valence-corrected chi connectivity index (χ1v) is 12.9. The molecular weight excluding hydrogens is 494 g/mol. The summed E-state index contributed by atoms with van der Waals surface area (Å²) in [6.45, 7) is 0. The van der Waals surface area contributed by atoms with E-state index in [1.165, 1.54) is 22.4 Å². The maximum atomic E-state index is 13.3. The number of allylic oxidation sites excluding steroid dienone is 1. The average molecular weight is 518 g/mol. The van der Waals surface area contributed by atoms with Gasteiger partial charge in [0, 0.05) is 11.3 Å². The first-order valence-electron chi connectivity index (χ1n) is 12.0. The molecule has 0 bridgehead atoms. The van der Waals surface area contributed by atoms with Gasteiger partial charge >= 0.3 is 0 Å². The van der Waals surface area contributed by atoms with Gasteiger partial charge in [0.2, 0.25) is 5.91 Å². The number of amides is 1. The highest BCUT2D eigenvalue weighted by molar-refractivity contribution is 7.99. The molecule has 0 fully saturated rings. The first-order chi connectivity index (χ1) is 18.6. The lowest BCUT2D eigenvalue weighted by Crippen LogP contribution is -2.23. The van der Waals surface area contributed by atoms with Crippen LogP contribution in [0.2, 0.25) is 0 Å². The number of nitrogens with one attached hydrogen (secondary N) is 1. The van der Waals surface area contributed by atoms with E-state index in [9.17, 15) is 14.4 Å². The number of benzene rings is 4. The molecule has 0 saturated carbocycles. The van der Waals surface area contributed by atoms with E-state index in [1.807, 2.05) is 66.7 Å². The maximum Gasteiger partial charge on any atom is 0.266 e. The van der Waals surface area contributed by atoms with E-state index in [-0.39, 0.29) is 23.0 Å². The van der Waals surface area contributed by atoms with Gasteiger partial charge in [0.1, 0.15) is 0 Å². The molecule has 6 nitrogen and oxygen atoms in total. The fourth-order valence-corrected chi connectivity index (χ4v) is 4.74. The van der Waals surface area contributed by atoms with Crippen molar-refractivity contribution in [2.75, 3.05) is 11.1 Å². The highest BCUT2D eigenvalue weighted by Gasteiger charge is 2.15. The number of nitrogens with zero attached hydrogens (tertiary/aromatic N) is 2. The number of para-hydroxylation sites is 2. The summed E-state index contributed by atoms with van der Waals surface area (Å²) in [4.78, 5) is 43.4. The van der Waals surface area contributed by atoms with E-state index < -0.39 is 0 Å². The van der Waals surface area contributed by atoms with E-state index in [4.69, 9.17) is 0 Å². The predicted octanol–water partition coefficient (Wildman–Crippen LogP) is 6.01. The van der Waals surface area contributed by atoms with Gasteiger partial charge in [0.05, 0.1) is 22.3 Å². The van der Waals surface area contributed by atoms with Crippen molar-refractivity contribution in [2.45, 2.75) is 5.16 Å². The highest BCUT2D eigenvalue weighted by Crippen LogP contribution is 2.22. The van der Waals surface area contributed by atoms with E-state index in [0.29, 0.717) is 33.0 Å². The van der Waals surface area contributed by atoms with E-state index >= 15 is 0 Å². The molecule has 186 valence electrons. The molecule has 1 aromatic heterocycles. The van der Waals surface area contributed by atoms with Gasteiger partial charge < -0.3 is 5.32 Å². The van der Waals surface area contributed by atoms with Crippen molar-refractivity contribution in [1.82, 2.24) is 9.55 Å². The van der Waals surface area contributed by atoms with Crippen molar-refractivity contribution in [2.24, 2.45) is 0 Å². The summed E-state index contributed by atoms with van der Waals surface area (Å²) < 4.78 is 1.53. The quantitative estimate of drug-likeness (QED) is 0.118. The molecular formula is C31H23N3O3S. The van der Waals surface area contributed by atoms with Gasteiger partial charge in [-0.2, -0.15) is 0 Å². The Labute approximate surface area is 223 Å². The maximum absolute atomic E-state index is 13.3. The minimum absolute atomic E-state index is 0.0314. The van der Waals surface area contributed by atoms with Crippen LogP contribution in [0.15, 0.2) is 125 Å². The molecule has 1 amide bonds. The number of ketones is 1. The predicted molar refractivity (Wildman–Crippen MR) is 153 cm³/mol. The van der Waals surface area contributed by atoms with Crippen molar-refractivity contribution < 1.29 is 9.59 Å². The average Bonchev–Trinajstić information content (AvgIpc) is 2.96. The minimum atomic E-state index is -0.276. The fraction of sp³-hybridized carbons (Fsp3) is 0.0323. The summed E-state index contributed by atoms with van der Waals surface area (Å²) in [5, 5.41) is 3.77. The number of hydrogen-bond acceptors (Lipinski definition) is 5. The number of aromatic nitrogens is 2. The monoisotopic (exact) mass is 517 g/mol. The summed E-state index contributed by atoms with van der Waals surface area (Å²) in [7, 11) is 0. The molecule has 0 radical (unpaired) electrons. The summed E-state index contributed by atoms with van der Waals surface area (Å²) in [6.07, 6.45) is 3.27. The van der Waals surface area contributed by atoms with Crippen molar-refractivity contribution in [1.29, 1.82) is 0 Å². The second-order valence-corrected chi connectivity index (χ2v) is 9.36. The van der Waals surface area contributed by atoms with E-state index in [0.717, 1.165) is 5.56 Å². The Balaban J connectivity index is 1.32. The summed E-state index contributed by atoms with van der Waals surface area (Å²) in [5.74, 6) is -0.406. The molecule has 38 heavy (non-hydrogen) atoms. The van der Waals surface area contributed by atoms with Gasteiger partial charge in [-0.05, 0) is 48.0 Å². The van der Waals surface area contributed by atoms with Crippen LogP contribution < -0.4 is 10.9 Å². The number of carbonyl (C=O) groups excluding carboxylic acids is 2. The molecule has 1 N–H and O–H groups in total. The zero-order chi connectivity index (χ0) is 26.3. The Bertz CT molecular complexity index is 1700. The fourth-order valence-electron chi connectivity index (χ4n) is 3.92. The van der Waals surface area contributed by atoms with Crippen LogP contribution in [0, 0.1) is 0 Å². The minimum Gasteiger partial charge on any atom is -0.325 e. The van der Waals surface area contributed by atoms with Crippen LogP contribution in [0.25, 0.3) is 22.7 Å². The molecule has 5 rings (SSSR count). The lowest BCUT2D eigenvalue weighted by molar-refractivity contribution is -0.113. The van der Waals surface area contributed by atoms with Gasteiger partial charge in [-0.1, -0.05) is 90.6 Å². The Kier molecular flexibility index (Phi) is 7.57. The highest BCUT2D eigenvalue weighted by atomic mass is 32.2. The van der Waals surface area contributed by atoms with E-state index in [2.05, 4.69) is 10.3 Å². The van der Waals surface area contributed by atoms with Crippen molar-refractivity contribution in [3.8, 4) is 5.69 Å². The Morgan fingerprint density at radius 3 is 2.34 bits per heavy atom. The topological polar surface area (TPSA) is 81.1 Å². The third kappa shape index (κ3) is 5.79. The second-order valence-electron chi connectivity index (χ2n) is 8.41. The zero-order valence-electron chi connectivity index (χ0n) is 20.3. The summed E-state index contributed by atoms with van der Waals surface area (Å²) in [6, 6.07) is 32.8. The largest absolute Gasteiger partial charge is 0.325 e. The second kappa shape index (κ2) is 11.5. The van der Waals surface area contributed by atoms with Crippen LogP contribution >= 0.6 is 11.8 Å². The zero-order valence-corrected chi connectivity index (χ0v) is 21.1. The number of anilines is 1. The lowest BCUT2D eigenvalue weighted by atomic mass is 10.1. The van der Waals surface area contributed by atoms with Crippen LogP contribution in [0.3, 0.4) is 0 Å². The SMILES string of the molecule is O=C(CSc1nc2ccccc2c(=O)n1-c1ccccc1)Nc1cccc(C(=O)/C=C/c2ccccc2)c1. The Hall–Kier alpha value is -4.75. The van der Waals surface area contributed by atoms with E-state index in [1.54, 1.807) is 48.5 Å². The number of fused-ring (bicyclic) bond motifs is 1. The van der Waals surface area contributed by atoms with Gasteiger partial charge in [0.25, 0.3) is 5.56 Å². The number of hydrogen-bond donors (Lipinski definition) is 1. The molecule has 0 spiro atoms.